The molecule has 0 amide bonds. The van der Waals surface area contributed by atoms with Gasteiger partial charge in [-0.05, 0) is 36.0 Å². The molecule has 1 aliphatic heterocycles. The van der Waals surface area contributed by atoms with Crippen LogP contribution in [0.25, 0.3) is 0 Å². The summed E-state index contributed by atoms with van der Waals surface area (Å²) in [4.78, 5) is 2.43. The van der Waals surface area contributed by atoms with E-state index in [-0.39, 0.29) is 0 Å². The SMILES string of the molecule is Cc1c(N)cccc1N1CC(C(C)(C)C)C1. The average Bonchev–Trinajstić information content (AvgIpc) is 2.07. The van der Waals surface area contributed by atoms with Crippen molar-refractivity contribution in [3.63, 3.8) is 0 Å². The number of benzene rings is 1. The lowest BCUT2D eigenvalue weighted by atomic mass is 9.75. The van der Waals surface area contributed by atoms with Gasteiger partial charge in [0.25, 0.3) is 0 Å². The smallest absolute Gasteiger partial charge is 0.0416 e. The molecule has 0 unspecified atom stereocenters. The third kappa shape index (κ3) is 1.89. The van der Waals surface area contributed by atoms with Crippen LogP contribution in [0.15, 0.2) is 18.2 Å². The first-order chi connectivity index (χ1) is 7.39. The molecule has 2 rings (SSSR count). The molecule has 2 N–H and O–H groups in total. The lowest BCUT2D eigenvalue weighted by Gasteiger charge is -2.48. The second kappa shape index (κ2) is 3.69. The van der Waals surface area contributed by atoms with E-state index in [1.807, 2.05) is 12.1 Å². The maximum Gasteiger partial charge on any atom is 0.0416 e. The van der Waals surface area contributed by atoms with Gasteiger partial charge in [0.05, 0.1) is 0 Å². The normalized spacial score (nSPS) is 17.4. The van der Waals surface area contributed by atoms with Gasteiger partial charge >= 0.3 is 0 Å². The maximum atomic E-state index is 5.93. The molecule has 0 radical (unpaired) electrons. The Morgan fingerprint density at radius 3 is 2.44 bits per heavy atom. The molecule has 1 fully saturated rings. The van der Waals surface area contributed by atoms with E-state index >= 15 is 0 Å². The third-order valence-electron chi connectivity index (χ3n) is 3.79. The zero-order valence-electron chi connectivity index (χ0n) is 10.7. The van der Waals surface area contributed by atoms with Crippen molar-refractivity contribution in [1.29, 1.82) is 0 Å². The maximum absolute atomic E-state index is 5.93. The lowest BCUT2D eigenvalue weighted by molar-refractivity contribution is 0.195. The predicted octanol–water partition coefficient (Wildman–Crippen LogP) is 3.06. The van der Waals surface area contributed by atoms with Gasteiger partial charge in [-0.2, -0.15) is 0 Å². The number of anilines is 2. The molecule has 1 saturated heterocycles. The lowest BCUT2D eigenvalue weighted by Crippen LogP contribution is -2.52. The van der Waals surface area contributed by atoms with E-state index in [9.17, 15) is 0 Å². The van der Waals surface area contributed by atoms with Crippen molar-refractivity contribution < 1.29 is 0 Å². The van der Waals surface area contributed by atoms with E-state index in [2.05, 4.69) is 38.7 Å². The highest BCUT2D eigenvalue weighted by molar-refractivity contribution is 5.65. The molecule has 1 heterocycles. The van der Waals surface area contributed by atoms with Gasteiger partial charge in [-0.1, -0.05) is 26.8 Å². The van der Waals surface area contributed by atoms with Crippen molar-refractivity contribution in [3.05, 3.63) is 23.8 Å². The first-order valence-corrected chi connectivity index (χ1v) is 5.99. The number of nitrogen functional groups attached to an aromatic ring is 1. The summed E-state index contributed by atoms with van der Waals surface area (Å²) in [7, 11) is 0. The fourth-order valence-corrected chi connectivity index (χ4v) is 2.21. The van der Waals surface area contributed by atoms with Crippen LogP contribution < -0.4 is 10.6 Å². The molecule has 0 aliphatic carbocycles. The second-order valence-corrected chi connectivity index (χ2v) is 5.96. The van der Waals surface area contributed by atoms with Crippen LogP contribution in [0.1, 0.15) is 26.3 Å². The molecule has 0 atom stereocenters. The van der Waals surface area contributed by atoms with Crippen LogP contribution in [0.4, 0.5) is 11.4 Å². The van der Waals surface area contributed by atoms with Crippen molar-refractivity contribution in [2.45, 2.75) is 27.7 Å². The highest BCUT2D eigenvalue weighted by Gasteiger charge is 2.36. The molecule has 0 spiro atoms. The summed E-state index contributed by atoms with van der Waals surface area (Å²) >= 11 is 0. The summed E-state index contributed by atoms with van der Waals surface area (Å²) in [6.45, 7) is 11.4. The average molecular weight is 218 g/mol. The standard InChI is InChI=1S/C14H22N2/c1-10-12(15)6-5-7-13(10)16-8-11(9-16)14(2,3)4/h5-7,11H,8-9,15H2,1-4H3. The molecular formula is C14H22N2. The first kappa shape index (κ1) is 11.3. The van der Waals surface area contributed by atoms with E-state index in [0.29, 0.717) is 5.41 Å². The van der Waals surface area contributed by atoms with Gasteiger partial charge in [0.1, 0.15) is 0 Å². The van der Waals surface area contributed by atoms with Gasteiger partial charge in [-0.25, -0.2) is 0 Å². The summed E-state index contributed by atoms with van der Waals surface area (Å²) in [6, 6.07) is 6.19. The molecule has 0 bridgehead atoms. The van der Waals surface area contributed by atoms with Gasteiger partial charge < -0.3 is 10.6 Å². The van der Waals surface area contributed by atoms with Gasteiger partial charge in [0.2, 0.25) is 0 Å². The van der Waals surface area contributed by atoms with Crippen molar-refractivity contribution in [1.82, 2.24) is 0 Å². The largest absolute Gasteiger partial charge is 0.398 e. The van der Waals surface area contributed by atoms with Crippen LogP contribution >= 0.6 is 0 Å². The van der Waals surface area contributed by atoms with E-state index in [0.717, 1.165) is 24.7 Å². The van der Waals surface area contributed by atoms with Gasteiger partial charge in [0, 0.05) is 24.5 Å². The number of rotatable bonds is 1. The van der Waals surface area contributed by atoms with Crippen molar-refractivity contribution in [2.24, 2.45) is 11.3 Å². The summed E-state index contributed by atoms with van der Waals surface area (Å²) < 4.78 is 0. The Bertz CT molecular complexity index is 384. The Labute approximate surface area is 98.4 Å². The molecule has 2 heteroatoms. The van der Waals surface area contributed by atoms with Crippen LogP contribution in [0.5, 0.6) is 0 Å². The van der Waals surface area contributed by atoms with Gasteiger partial charge in [-0.3, -0.25) is 0 Å². The molecule has 1 aromatic carbocycles. The van der Waals surface area contributed by atoms with Crippen LogP contribution in [0, 0.1) is 18.3 Å². The van der Waals surface area contributed by atoms with E-state index in [1.54, 1.807) is 0 Å². The minimum Gasteiger partial charge on any atom is -0.398 e. The van der Waals surface area contributed by atoms with Crippen LogP contribution in [-0.4, -0.2) is 13.1 Å². The fourth-order valence-electron chi connectivity index (χ4n) is 2.21. The monoisotopic (exact) mass is 218 g/mol. The van der Waals surface area contributed by atoms with Crippen molar-refractivity contribution in [2.75, 3.05) is 23.7 Å². The number of hydrogen-bond acceptors (Lipinski definition) is 2. The Morgan fingerprint density at radius 1 is 1.25 bits per heavy atom. The summed E-state index contributed by atoms with van der Waals surface area (Å²) in [6.07, 6.45) is 0. The molecule has 0 saturated carbocycles. The highest BCUT2D eigenvalue weighted by atomic mass is 15.2. The van der Waals surface area contributed by atoms with E-state index in [4.69, 9.17) is 5.73 Å². The minimum atomic E-state index is 0.421. The molecular weight excluding hydrogens is 196 g/mol. The summed E-state index contributed by atoms with van der Waals surface area (Å²) in [5.74, 6) is 0.799. The predicted molar refractivity (Wildman–Crippen MR) is 70.7 cm³/mol. The molecule has 1 aromatic rings. The Hall–Kier alpha value is -1.18. The molecule has 88 valence electrons. The first-order valence-electron chi connectivity index (χ1n) is 5.99. The Balaban J connectivity index is 2.10. The van der Waals surface area contributed by atoms with Crippen molar-refractivity contribution >= 4 is 11.4 Å². The summed E-state index contributed by atoms with van der Waals surface area (Å²) in [5, 5.41) is 0. The Morgan fingerprint density at radius 2 is 1.88 bits per heavy atom. The van der Waals surface area contributed by atoms with E-state index < -0.39 is 0 Å². The number of nitrogens with two attached hydrogens (primary N) is 1. The fraction of sp³-hybridized carbons (Fsp3) is 0.571. The van der Waals surface area contributed by atoms with Crippen LogP contribution in [0.3, 0.4) is 0 Å². The molecule has 0 aromatic heterocycles. The third-order valence-corrected chi connectivity index (χ3v) is 3.79. The summed E-state index contributed by atoms with van der Waals surface area (Å²) in [5.41, 5.74) is 9.78. The van der Waals surface area contributed by atoms with E-state index in [1.165, 1.54) is 11.3 Å². The van der Waals surface area contributed by atoms with Crippen molar-refractivity contribution in [3.8, 4) is 0 Å². The molecule has 2 nitrogen and oxygen atoms in total. The quantitative estimate of drug-likeness (QED) is 0.734. The minimum absolute atomic E-state index is 0.421. The Kier molecular flexibility index (Phi) is 2.61. The second-order valence-electron chi connectivity index (χ2n) is 5.96. The van der Waals surface area contributed by atoms with Gasteiger partial charge in [0.15, 0.2) is 0 Å². The van der Waals surface area contributed by atoms with Gasteiger partial charge in [-0.15, -0.1) is 0 Å². The number of nitrogens with zero attached hydrogens (tertiary/aromatic N) is 1. The topological polar surface area (TPSA) is 29.3 Å². The highest BCUT2D eigenvalue weighted by Crippen LogP contribution is 2.38. The molecule has 1 aliphatic rings. The number of hydrogen-bond donors (Lipinski definition) is 1. The van der Waals surface area contributed by atoms with Crippen LogP contribution in [0.2, 0.25) is 0 Å². The zero-order chi connectivity index (χ0) is 11.9. The van der Waals surface area contributed by atoms with Crippen LogP contribution in [-0.2, 0) is 0 Å². The molecule has 16 heavy (non-hydrogen) atoms. The zero-order valence-corrected chi connectivity index (χ0v) is 10.7.